The molecule has 0 atom stereocenters. The summed E-state index contributed by atoms with van der Waals surface area (Å²) in [4.78, 5) is 11.3. The highest BCUT2D eigenvalue weighted by Crippen LogP contribution is 2.38. The Morgan fingerprint density at radius 1 is 1.09 bits per heavy atom. The lowest BCUT2D eigenvalue weighted by atomic mass is 10.1. The van der Waals surface area contributed by atoms with Gasteiger partial charge in [-0.25, -0.2) is 9.18 Å². The summed E-state index contributed by atoms with van der Waals surface area (Å²) in [7, 11) is 0. The third-order valence-corrected chi connectivity index (χ3v) is 5.44. The van der Waals surface area contributed by atoms with Gasteiger partial charge in [0.2, 0.25) is 0 Å². The Kier molecular flexibility index (Phi) is 7.83. The molecule has 0 heterocycles. The average Bonchev–Trinajstić information content (AvgIpc) is 2.73. The molecule has 0 saturated carbocycles. The molecule has 0 unspecified atom stereocenters. The number of ether oxygens (including phenoxy) is 2. The van der Waals surface area contributed by atoms with Crippen LogP contribution in [0.1, 0.15) is 34.0 Å². The van der Waals surface area contributed by atoms with Gasteiger partial charge >= 0.3 is 5.97 Å². The fourth-order valence-corrected chi connectivity index (χ4v) is 3.68. The molecule has 32 heavy (non-hydrogen) atoms. The molecule has 3 aromatic rings. The molecule has 3 rings (SSSR count). The Bertz CT molecular complexity index is 1140. The summed E-state index contributed by atoms with van der Waals surface area (Å²) in [6.07, 6.45) is 0. The second-order valence-corrected chi connectivity index (χ2v) is 7.81. The molecule has 0 aliphatic carbocycles. The zero-order valence-corrected chi connectivity index (χ0v) is 19.1. The van der Waals surface area contributed by atoms with Crippen LogP contribution in [0.5, 0.6) is 11.5 Å². The van der Waals surface area contributed by atoms with Crippen molar-refractivity contribution < 1.29 is 23.8 Å². The molecule has 8 heteroatoms. The summed E-state index contributed by atoms with van der Waals surface area (Å²) in [5.41, 5.74) is 3.04. The zero-order valence-electron chi connectivity index (χ0n) is 17.5. The number of anilines is 1. The van der Waals surface area contributed by atoms with E-state index in [9.17, 15) is 14.3 Å². The normalized spacial score (nSPS) is 10.7. The molecule has 0 amide bonds. The molecular formula is C24H22Cl2FNO4. The van der Waals surface area contributed by atoms with Crippen molar-refractivity contribution in [3.8, 4) is 11.5 Å². The van der Waals surface area contributed by atoms with E-state index in [0.717, 1.165) is 5.56 Å². The third kappa shape index (κ3) is 5.64. The van der Waals surface area contributed by atoms with Crippen molar-refractivity contribution in [1.82, 2.24) is 0 Å². The van der Waals surface area contributed by atoms with Gasteiger partial charge in [-0.15, -0.1) is 0 Å². The number of hydrogen-bond acceptors (Lipinski definition) is 4. The maximum Gasteiger partial charge on any atom is 0.336 e. The number of carbonyl (C=O) groups is 1. The number of aromatic carboxylic acids is 1. The molecule has 5 nitrogen and oxygen atoms in total. The smallest absolute Gasteiger partial charge is 0.336 e. The van der Waals surface area contributed by atoms with Crippen molar-refractivity contribution in [1.29, 1.82) is 0 Å². The van der Waals surface area contributed by atoms with Gasteiger partial charge in [-0.1, -0.05) is 35.3 Å². The number of halogens is 3. The lowest BCUT2D eigenvalue weighted by Crippen LogP contribution is -2.07. The summed E-state index contributed by atoms with van der Waals surface area (Å²) >= 11 is 12.6. The molecule has 2 N–H and O–H groups in total. The van der Waals surface area contributed by atoms with Crippen LogP contribution < -0.4 is 14.8 Å². The first-order valence-corrected chi connectivity index (χ1v) is 10.6. The van der Waals surface area contributed by atoms with Crippen molar-refractivity contribution in [2.24, 2.45) is 0 Å². The van der Waals surface area contributed by atoms with Crippen molar-refractivity contribution in [3.63, 3.8) is 0 Å². The Balaban J connectivity index is 1.79. The van der Waals surface area contributed by atoms with E-state index in [2.05, 4.69) is 5.32 Å². The van der Waals surface area contributed by atoms with Crippen LogP contribution in [0.4, 0.5) is 10.1 Å². The molecule has 0 fully saturated rings. The van der Waals surface area contributed by atoms with Crippen molar-refractivity contribution in [3.05, 3.63) is 86.6 Å². The highest BCUT2D eigenvalue weighted by molar-refractivity contribution is 6.32. The summed E-state index contributed by atoms with van der Waals surface area (Å²) in [5, 5.41) is 13.2. The lowest BCUT2D eigenvalue weighted by molar-refractivity contribution is 0.0696. The first-order chi connectivity index (χ1) is 15.3. The Morgan fingerprint density at radius 3 is 2.56 bits per heavy atom. The minimum absolute atomic E-state index is 0.0949. The second kappa shape index (κ2) is 10.6. The highest BCUT2D eigenvalue weighted by Gasteiger charge is 2.15. The fourth-order valence-electron chi connectivity index (χ4n) is 3.17. The standard InChI is InChI=1S/C24H22Cl2FNO4/c1-3-31-22-10-15(12-28-21-6-4-5-18(14(21)2)24(29)30)9-20(26)23(22)32-13-16-7-8-17(27)11-19(16)25/h4-11,28H,3,12-13H2,1-2H3,(H,29,30). The SMILES string of the molecule is CCOc1cc(CNc2cccc(C(=O)O)c2C)cc(Cl)c1OCc1ccc(F)cc1Cl. The third-order valence-electron chi connectivity index (χ3n) is 4.80. The molecule has 0 aliphatic rings. The van der Waals surface area contributed by atoms with Crippen molar-refractivity contribution in [2.75, 3.05) is 11.9 Å². The summed E-state index contributed by atoms with van der Waals surface area (Å²) in [5.74, 6) is -0.573. The number of carboxylic acids is 1. The summed E-state index contributed by atoms with van der Waals surface area (Å²) < 4.78 is 24.8. The van der Waals surface area contributed by atoms with Gasteiger partial charge in [0.1, 0.15) is 12.4 Å². The van der Waals surface area contributed by atoms with E-state index in [4.69, 9.17) is 32.7 Å². The van der Waals surface area contributed by atoms with Crippen LogP contribution >= 0.6 is 23.2 Å². The van der Waals surface area contributed by atoms with E-state index in [-0.39, 0.29) is 17.2 Å². The fraction of sp³-hybridized carbons (Fsp3) is 0.208. The first kappa shape index (κ1) is 23.7. The average molecular weight is 478 g/mol. The zero-order chi connectivity index (χ0) is 23.3. The van der Waals surface area contributed by atoms with Crippen LogP contribution in [-0.2, 0) is 13.2 Å². The molecule has 168 valence electrons. The van der Waals surface area contributed by atoms with Crippen molar-refractivity contribution in [2.45, 2.75) is 27.0 Å². The molecule has 0 aromatic heterocycles. The Labute approximate surface area is 195 Å². The summed E-state index contributed by atoms with van der Waals surface area (Å²) in [6.45, 7) is 4.49. The monoisotopic (exact) mass is 477 g/mol. The lowest BCUT2D eigenvalue weighted by Gasteiger charge is -2.17. The molecule has 0 bridgehead atoms. The highest BCUT2D eigenvalue weighted by atomic mass is 35.5. The maximum atomic E-state index is 13.3. The Morgan fingerprint density at radius 2 is 1.88 bits per heavy atom. The minimum atomic E-state index is -0.976. The maximum absolute atomic E-state index is 13.3. The van der Waals surface area contributed by atoms with Crippen LogP contribution in [0.3, 0.4) is 0 Å². The van der Waals surface area contributed by atoms with Gasteiger partial charge in [0.05, 0.1) is 22.2 Å². The van der Waals surface area contributed by atoms with Gasteiger partial charge in [-0.2, -0.15) is 0 Å². The number of nitrogens with one attached hydrogen (secondary N) is 1. The van der Waals surface area contributed by atoms with Gasteiger partial charge in [0.25, 0.3) is 0 Å². The van der Waals surface area contributed by atoms with Crippen LogP contribution in [0, 0.1) is 12.7 Å². The first-order valence-electron chi connectivity index (χ1n) is 9.88. The van der Waals surface area contributed by atoms with Crippen molar-refractivity contribution >= 4 is 34.9 Å². The molecule has 0 saturated heterocycles. The topological polar surface area (TPSA) is 67.8 Å². The van der Waals surface area contributed by atoms with Crippen LogP contribution in [0.15, 0.2) is 48.5 Å². The van der Waals surface area contributed by atoms with Gasteiger partial charge in [-0.05, 0) is 61.4 Å². The molecule has 3 aromatic carbocycles. The molecule has 0 aliphatic heterocycles. The van der Waals surface area contributed by atoms with E-state index in [1.807, 2.05) is 13.0 Å². The van der Waals surface area contributed by atoms with Crippen LogP contribution in [-0.4, -0.2) is 17.7 Å². The summed E-state index contributed by atoms with van der Waals surface area (Å²) in [6, 6.07) is 12.7. The van der Waals surface area contributed by atoms with Gasteiger partial charge in [0, 0.05) is 17.8 Å². The number of benzene rings is 3. The number of hydrogen-bond donors (Lipinski definition) is 2. The van der Waals surface area contributed by atoms with Gasteiger partial charge in [-0.3, -0.25) is 0 Å². The molecule has 0 spiro atoms. The molecular weight excluding hydrogens is 456 g/mol. The molecule has 0 radical (unpaired) electrons. The van der Waals surface area contributed by atoms with E-state index in [1.54, 1.807) is 37.3 Å². The van der Waals surface area contributed by atoms with Gasteiger partial charge in [0.15, 0.2) is 11.5 Å². The predicted octanol–water partition coefficient (Wildman–Crippen LogP) is 6.73. The second-order valence-electron chi connectivity index (χ2n) is 7.00. The minimum Gasteiger partial charge on any atom is -0.490 e. The van der Waals surface area contributed by atoms with Gasteiger partial charge < -0.3 is 19.9 Å². The van der Waals surface area contributed by atoms with E-state index in [0.29, 0.717) is 46.5 Å². The largest absolute Gasteiger partial charge is 0.490 e. The Hall–Kier alpha value is -2.96. The van der Waals surface area contributed by atoms with Crippen LogP contribution in [0.25, 0.3) is 0 Å². The number of carboxylic acid groups (broad SMARTS) is 1. The predicted molar refractivity (Wildman–Crippen MR) is 124 cm³/mol. The van der Waals surface area contributed by atoms with E-state index < -0.39 is 11.8 Å². The van der Waals surface area contributed by atoms with Crippen LogP contribution in [0.2, 0.25) is 10.0 Å². The quantitative estimate of drug-likeness (QED) is 0.357. The van der Waals surface area contributed by atoms with E-state index in [1.165, 1.54) is 12.1 Å². The number of rotatable bonds is 9. The van der Waals surface area contributed by atoms with E-state index >= 15 is 0 Å².